The molecule has 0 radical (unpaired) electrons. The molecule has 8 heteroatoms. The zero-order valence-electron chi connectivity index (χ0n) is 26.0. The van der Waals surface area contributed by atoms with Crippen LogP contribution >= 0.6 is 0 Å². The van der Waals surface area contributed by atoms with Crippen LogP contribution in [0.25, 0.3) is 10.9 Å². The lowest BCUT2D eigenvalue weighted by atomic mass is 10.1. The summed E-state index contributed by atoms with van der Waals surface area (Å²) >= 11 is 0. The lowest BCUT2D eigenvalue weighted by Gasteiger charge is -2.26. The summed E-state index contributed by atoms with van der Waals surface area (Å²) in [6.07, 6.45) is 10.2. The number of nitrogens with zero attached hydrogens (tertiary/aromatic N) is 2. The third-order valence-electron chi connectivity index (χ3n) is 8.25. The molecule has 0 bridgehead atoms. The van der Waals surface area contributed by atoms with E-state index in [1.165, 1.54) is 11.3 Å². The summed E-state index contributed by atoms with van der Waals surface area (Å²) in [4.78, 5) is 10.3. The Morgan fingerprint density at radius 1 is 0.886 bits per heavy atom. The van der Waals surface area contributed by atoms with Crippen LogP contribution in [0.4, 0.5) is 0 Å². The molecule has 6 N–H and O–H groups in total. The minimum Gasteiger partial charge on any atom is -0.384 e. The second kappa shape index (κ2) is 16.3. The fourth-order valence-corrected chi connectivity index (χ4v) is 5.61. The van der Waals surface area contributed by atoms with E-state index in [1.54, 1.807) is 0 Å². The second-order valence-electron chi connectivity index (χ2n) is 11.6. The number of dihydropyridines is 1. The predicted octanol–water partition coefficient (Wildman–Crippen LogP) is 4.39. The average molecular weight is 594 g/mol. The van der Waals surface area contributed by atoms with Crippen molar-refractivity contribution >= 4 is 10.9 Å². The Balaban J connectivity index is 1.12. The molecule has 1 aliphatic heterocycles. The first-order chi connectivity index (χ1) is 21.5. The van der Waals surface area contributed by atoms with Gasteiger partial charge in [0.15, 0.2) is 0 Å². The van der Waals surface area contributed by atoms with E-state index in [-0.39, 0.29) is 12.1 Å². The van der Waals surface area contributed by atoms with Gasteiger partial charge in [-0.05, 0) is 54.8 Å². The number of fused-ring (bicyclic) bond motifs is 1. The molecular weight excluding hydrogens is 546 g/mol. The highest BCUT2D eigenvalue weighted by Crippen LogP contribution is 2.19. The third kappa shape index (κ3) is 9.35. The van der Waals surface area contributed by atoms with E-state index < -0.39 is 6.23 Å². The number of aromatic amines is 1. The SMILES string of the molecule is CC(NCCN(CCNC(C)c1ccccn1)Cc1ccc(CN[C@H](O)Cc2c[nH]c3ccccc23)cc1)C1=CC=CCN1. The van der Waals surface area contributed by atoms with E-state index in [9.17, 15) is 5.11 Å². The average Bonchev–Trinajstić information content (AvgIpc) is 3.47. The van der Waals surface area contributed by atoms with Crippen molar-refractivity contribution in [3.8, 4) is 0 Å². The van der Waals surface area contributed by atoms with E-state index in [4.69, 9.17) is 0 Å². The summed E-state index contributed by atoms with van der Waals surface area (Å²) in [6, 6.07) is 23.5. The van der Waals surface area contributed by atoms with Gasteiger partial charge < -0.3 is 26.0 Å². The smallest absolute Gasteiger partial charge is 0.109 e. The molecule has 232 valence electrons. The van der Waals surface area contributed by atoms with Crippen LogP contribution in [0.3, 0.4) is 0 Å². The minimum atomic E-state index is -0.615. The maximum absolute atomic E-state index is 10.7. The van der Waals surface area contributed by atoms with Gasteiger partial charge >= 0.3 is 0 Å². The van der Waals surface area contributed by atoms with E-state index in [0.717, 1.165) is 67.0 Å². The molecule has 0 spiro atoms. The topological polar surface area (TPSA) is 100 Å². The van der Waals surface area contributed by atoms with Gasteiger partial charge in [0.1, 0.15) is 6.23 Å². The summed E-state index contributed by atoms with van der Waals surface area (Å²) < 4.78 is 0. The number of para-hydroxylation sites is 1. The van der Waals surface area contributed by atoms with Gasteiger partial charge in [0.05, 0.1) is 5.69 Å². The number of allylic oxidation sites excluding steroid dienone is 2. The zero-order chi connectivity index (χ0) is 30.6. The molecule has 0 amide bonds. The van der Waals surface area contributed by atoms with Crippen LogP contribution in [0.5, 0.6) is 0 Å². The molecule has 3 heterocycles. The number of aliphatic hydroxyl groups excluding tert-OH is 1. The molecule has 1 aliphatic rings. The minimum absolute atomic E-state index is 0.201. The summed E-state index contributed by atoms with van der Waals surface area (Å²) in [5.41, 5.74) is 6.95. The highest BCUT2D eigenvalue weighted by atomic mass is 16.3. The first-order valence-corrected chi connectivity index (χ1v) is 15.8. The highest BCUT2D eigenvalue weighted by Gasteiger charge is 2.13. The van der Waals surface area contributed by atoms with Gasteiger partial charge in [0.2, 0.25) is 0 Å². The molecule has 2 aromatic carbocycles. The molecule has 0 aliphatic carbocycles. The molecular formula is C36H47N7O. The van der Waals surface area contributed by atoms with Gasteiger partial charge in [-0.2, -0.15) is 0 Å². The number of benzene rings is 2. The molecule has 4 aromatic rings. The summed E-state index contributed by atoms with van der Waals surface area (Å²) in [5, 5.41) is 25.9. The molecule has 5 rings (SSSR count). The molecule has 2 unspecified atom stereocenters. The normalized spacial score (nSPS) is 15.2. The van der Waals surface area contributed by atoms with Crippen LogP contribution in [0.15, 0.2) is 103 Å². The predicted molar refractivity (Wildman–Crippen MR) is 180 cm³/mol. The summed E-state index contributed by atoms with van der Waals surface area (Å²) in [7, 11) is 0. The molecule has 0 saturated carbocycles. The summed E-state index contributed by atoms with van der Waals surface area (Å²) in [5.74, 6) is 0. The van der Waals surface area contributed by atoms with Crippen molar-refractivity contribution in [1.29, 1.82) is 0 Å². The van der Waals surface area contributed by atoms with Crippen LogP contribution in [-0.4, -0.2) is 65.0 Å². The van der Waals surface area contributed by atoms with Crippen LogP contribution in [0.1, 0.15) is 42.3 Å². The Labute approximate surface area is 261 Å². The van der Waals surface area contributed by atoms with Gasteiger partial charge in [-0.1, -0.05) is 60.7 Å². The standard InChI is InChI=1S/C36H47N7O/c1-27(33-10-5-7-17-39-33)37-19-21-43(22-20-38-28(2)34-11-6-8-18-40-34)26-30-15-13-29(14-16-30)24-42-36(44)23-31-25-41-35-12-4-3-9-32(31)35/h3-17,25,27-28,36-38,40-42,44H,18-24,26H2,1-2H3/t27?,28?,36-/m1/s1. The molecule has 0 fully saturated rings. The number of rotatable bonds is 17. The second-order valence-corrected chi connectivity index (χ2v) is 11.6. The van der Waals surface area contributed by atoms with Crippen LogP contribution in [-0.2, 0) is 19.5 Å². The summed E-state index contributed by atoms with van der Waals surface area (Å²) in [6.45, 7) is 10.4. The molecule has 3 atom stereocenters. The lowest BCUT2D eigenvalue weighted by molar-refractivity contribution is 0.136. The lowest BCUT2D eigenvalue weighted by Crippen LogP contribution is -2.41. The Hall–Kier alpha value is -3.79. The van der Waals surface area contributed by atoms with Crippen molar-refractivity contribution in [1.82, 2.24) is 36.1 Å². The number of H-pyrrole nitrogens is 1. The Morgan fingerprint density at radius 3 is 2.39 bits per heavy atom. The number of hydrogen-bond donors (Lipinski definition) is 6. The third-order valence-corrected chi connectivity index (χ3v) is 8.25. The van der Waals surface area contributed by atoms with Gasteiger partial charge in [0.25, 0.3) is 0 Å². The quantitative estimate of drug-likeness (QED) is 0.101. The maximum Gasteiger partial charge on any atom is 0.109 e. The zero-order valence-corrected chi connectivity index (χ0v) is 26.0. The molecule has 0 saturated heterocycles. The van der Waals surface area contributed by atoms with Gasteiger partial charge in [-0.25, -0.2) is 0 Å². The van der Waals surface area contributed by atoms with Crippen molar-refractivity contribution in [2.75, 3.05) is 32.7 Å². The molecule has 44 heavy (non-hydrogen) atoms. The van der Waals surface area contributed by atoms with Crippen molar-refractivity contribution in [3.05, 3.63) is 125 Å². The van der Waals surface area contributed by atoms with E-state index in [0.29, 0.717) is 13.0 Å². The maximum atomic E-state index is 10.7. The Bertz CT molecular complexity index is 1480. The molecule has 8 nitrogen and oxygen atoms in total. The monoisotopic (exact) mass is 593 g/mol. The number of aliphatic hydroxyl groups is 1. The van der Waals surface area contributed by atoms with Crippen molar-refractivity contribution in [3.63, 3.8) is 0 Å². The first-order valence-electron chi connectivity index (χ1n) is 15.8. The highest BCUT2D eigenvalue weighted by molar-refractivity contribution is 5.83. The number of hydrogen-bond acceptors (Lipinski definition) is 7. The largest absolute Gasteiger partial charge is 0.384 e. The Kier molecular flexibility index (Phi) is 11.7. The fraction of sp³-hybridized carbons (Fsp3) is 0.361. The van der Waals surface area contributed by atoms with Gasteiger partial charge in [-0.15, -0.1) is 0 Å². The fourth-order valence-electron chi connectivity index (χ4n) is 5.61. The van der Waals surface area contributed by atoms with Crippen molar-refractivity contribution in [2.45, 2.75) is 51.7 Å². The first kappa shape index (κ1) is 31.6. The van der Waals surface area contributed by atoms with Crippen LogP contribution in [0, 0.1) is 0 Å². The number of nitrogens with one attached hydrogen (secondary N) is 5. The van der Waals surface area contributed by atoms with Crippen LogP contribution in [0.2, 0.25) is 0 Å². The van der Waals surface area contributed by atoms with Crippen molar-refractivity contribution in [2.24, 2.45) is 0 Å². The van der Waals surface area contributed by atoms with Crippen molar-refractivity contribution < 1.29 is 5.11 Å². The van der Waals surface area contributed by atoms with E-state index in [1.807, 2.05) is 36.7 Å². The van der Waals surface area contributed by atoms with E-state index >= 15 is 0 Å². The number of pyridine rings is 1. The Morgan fingerprint density at radius 2 is 1.64 bits per heavy atom. The van der Waals surface area contributed by atoms with Crippen LogP contribution < -0.4 is 21.3 Å². The van der Waals surface area contributed by atoms with Gasteiger partial charge in [-0.3, -0.25) is 15.2 Å². The number of aromatic nitrogens is 2. The van der Waals surface area contributed by atoms with E-state index in [2.05, 4.69) is 111 Å². The molecule has 2 aromatic heterocycles. The van der Waals surface area contributed by atoms with Gasteiger partial charge in [0, 0.05) is 93.3 Å².